The van der Waals surface area contributed by atoms with Crippen molar-refractivity contribution in [2.24, 2.45) is 0 Å². The summed E-state index contributed by atoms with van der Waals surface area (Å²) in [6, 6.07) is 15.8. The van der Waals surface area contributed by atoms with Gasteiger partial charge in [-0.2, -0.15) is 0 Å². The van der Waals surface area contributed by atoms with E-state index in [4.69, 9.17) is 17.2 Å². The fourth-order valence-corrected chi connectivity index (χ4v) is 3.53. The SMILES string of the molecule is O=C1NC(=S)SC1=Cc1c(-c2ccccc2)nc2ccccn12. The molecule has 1 aliphatic heterocycles. The van der Waals surface area contributed by atoms with Crippen LogP contribution in [-0.2, 0) is 4.79 Å². The number of benzene rings is 1. The molecule has 1 aromatic carbocycles. The maximum absolute atomic E-state index is 12.0. The van der Waals surface area contributed by atoms with Crippen LogP contribution in [0.4, 0.5) is 0 Å². The first-order valence-electron chi connectivity index (χ1n) is 7.00. The number of thiocarbonyl (C=S) groups is 1. The average molecular weight is 337 g/mol. The molecular weight excluding hydrogens is 326 g/mol. The van der Waals surface area contributed by atoms with Gasteiger partial charge in [-0.15, -0.1) is 0 Å². The van der Waals surface area contributed by atoms with Gasteiger partial charge in [0.15, 0.2) is 0 Å². The summed E-state index contributed by atoms with van der Waals surface area (Å²) >= 11 is 6.33. The van der Waals surface area contributed by atoms with Crippen molar-refractivity contribution in [3.05, 3.63) is 65.3 Å². The molecule has 23 heavy (non-hydrogen) atoms. The number of fused-ring (bicyclic) bond motifs is 1. The smallest absolute Gasteiger partial charge is 0.263 e. The van der Waals surface area contributed by atoms with E-state index >= 15 is 0 Å². The minimum Gasteiger partial charge on any atom is -0.307 e. The van der Waals surface area contributed by atoms with E-state index in [1.54, 1.807) is 0 Å². The van der Waals surface area contributed by atoms with Gasteiger partial charge in [-0.1, -0.05) is 60.4 Å². The quantitative estimate of drug-likeness (QED) is 0.574. The zero-order chi connectivity index (χ0) is 15.8. The Morgan fingerprint density at radius 1 is 1.13 bits per heavy atom. The monoisotopic (exact) mass is 337 g/mol. The second-order valence-corrected chi connectivity index (χ2v) is 6.71. The van der Waals surface area contributed by atoms with Gasteiger partial charge in [-0.3, -0.25) is 9.20 Å². The van der Waals surface area contributed by atoms with E-state index in [0.717, 1.165) is 22.6 Å². The lowest BCUT2D eigenvalue weighted by atomic mass is 10.1. The molecule has 0 bridgehead atoms. The maximum Gasteiger partial charge on any atom is 0.263 e. The van der Waals surface area contributed by atoms with E-state index in [2.05, 4.69) is 5.32 Å². The number of imidazole rings is 1. The minimum atomic E-state index is -0.162. The van der Waals surface area contributed by atoms with Gasteiger partial charge in [-0.05, 0) is 18.2 Å². The molecule has 0 unspecified atom stereocenters. The Morgan fingerprint density at radius 3 is 2.65 bits per heavy atom. The number of carbonyl (C=O) groups excluding carboxylic acids is 1. The van der Waals surface area contributed by atoms with Gasteiger partial charge in [0, 0.05) is 11.8 Å². The van der Waals surface area contributed by atoms with Crippen molar-refractivity contribution in [1.29, 1.82) is 0 Å². The van der Waals surface area contributed by atoms with E-state index in [0.29, 0.717) is 9.23 Å². The standard InChI is InChI=1S/C17H11N3OS2/c21-16-13(23-17(22)19-16)10-12-15(11-6-2-1-3-7-11)18-14-8-4-5-9-20(12)14/h1-10H,(H,19,21,22). The predicted molar refractivity (Wildman–Crippen MR) is 96.9 cm³/mol. The summed E-state index contributed by atoms with van der Waals surface area (Å²) in [5, 5.41) is 2.64. The van der Waals surface area contributed by atoms with Crippen LogP contribution in [0.2, 0.25) is 0 Å². The third kappa shape index (κ3) is 2.56. The molecule has 1 saturated heterocycles. The highest BCUT2D eigenvalue weighted by atomic mass is 32.2. The van der Waals surface area contributed by atoms with Crippen LogP contribution in [-0.4, -0.2) is 19.6 Å². The van der Waals surface area contributed by atoms with Gasteiger partial charge >= 0.3 is 0 Å². The fraction of sp³-hybridized carbons (Fsp3) is 0. The van der Waals surface area contributed by atoms with Crippen LogP contribution < -0.4 is 5.32 Å². The number of nitrogens with one attached hydrogen (secondary N) is 1. The Kier molecular flexibility index (Phi) is 3.48. The summed E-state index contributed by atoms with van der Waals surface area (Å²) in [4.78, 5) is 17.3. The molecule has 1 N–H and O–H groups in total. The molecule has 4 nitrogen and oxygen atoms in total. The summed E-state index contributed by atoms with van der Waals surface area (Å²) in [6.45, 7) is 0. The Morgan fingerprint density at radius 2 is 1.91 bits per heavy atom. The molecule has 0 spiro atoms. The number of nitrogens with zero attached hydrogens (tertiary/aromatic N) is 2. The third-order valence-corrected chi connectivity index (χ3v) is 4.69. The van der Waals surface area contributed by atoms with Crippen LogP contribution in [0.1, 0.15) is 5.69 Å². The number of rotatable bonds is 2. The van der Waals surface area contributed by atoms with E-state index in [-0.39, 0.29) is 5.91 Å². The molecule has 0 atom stereocenters. The van der Waals surface area contributed by atoms with Gasteiger partial charge in [-0.25, -0.2) is 4.98 Å². The van der Waals surface area contributed by atoms with E-state index in [1.165, 1.54) is 11.8 Å². The lowest BCUT2D eigenvalue weighted by Crippen LogP contribution is -2.17. The molecule has 112 valence electrons. The lowest BCUT2D eigenvalue weighted by molar-refractivity contribution is -0.115. The Hall–Kier alpha value is -2.44. The average Bonchev–Trinajstić information content (AvgIpc) is 3.09. The van der Waals surface area contributed by atoms with E-state index < -0.39 is 0 Å². The number of thioether (sulfide) groups is 1. The van der Waals surface area contributed by atoms with Crippen molar-refractivity contribution in [1.82, 2.24) is 14.7 Å². The topological polar surface area (TPSA) is 46.4 Å². The predicted octanol–water partition coefficient (Wildman–Crippen LogP) is 3.49. The lowest BCUT2D eigenvalue weighted by Gasteiger charge is -2.01. The first-order chi connectivity index (χ1) is 11.2. The van der Waals surface area contributed by atoms with Gasteiger partial charge in [0.25, 0.3) is 5.91 Å². The molecule has 0 saturated carbocycles. The zero-order valence-corrected chi connectivity index (χ0v) is 13.5. The van der Waals surface area contributed by atoms with Crippen LogP contribution in [0.3, 0.4) is 0 Å². The molecular formula is C17H11N3OS2. The van der Waals surface area contributed by atoms with Crippen molar-refractivity contribution in [2.75, 3.05) is 0 Å². The molecule has 1 fully saturated rings. The molecule has 0 aliphatic carbocycles. The van der Waals surface area contributed by atoms with Crippen molar-refractivity contribution in [3.63, 3.8) is 0 Å². The van der Waals surface area contributed by atoms with Crippen LogP contribution >= 0.6 is 24.0 Å². The zero-order valence-electron chi connectivity index (χ0n) is 11.9. The fourth-order valence-electron chi connectivity index (χ4n) is 2.51. The number of carbonyl (C=O) groups is 1. The van der Waals surface area contributed by atoms with E-state index in [9.17, 15) is 4.79 Å². The second kappa shape index (κ2) is 5.64. The Bertz CT molecular complexity index is 960. The summed E-state index contributed by atoms with van der Waals surface area (Å²) in [6.07, 6.45) is 3.79. The van der Waals surface area contributed by atoms with Crippen LogP contribution in [0.25, 0.3) is 23.0 Å². The molecule has 1 amide bonds. The van der Waals surface area contributed by atoms with E-state index in [1.807, 2.05) is 65.2 Å². The number of hydrogen-bond donors (Lipinski definition) is 1. The van der Waals surface area contributed by atoms with Crippen molar-refractivity contribution < 1.29 is 4.79 Å². The number of amides is 1. The van der Waals surface area contributed by atoms with Gasteiger partial charge in [0.1, 0.15) is 9.97 Å². The van der Waals surface area contributed by atoms with Crippen LogP contribution in [0.5, 0.6) is 0 Å². The first kappa shape index (κ1) is 14.2. The third-order valence-electron chi connectivity index (χ3n) is 3.52. The van der Waals surface area contributed by atoms with Crippen molar-refractivity contribution in [2.45, 2.75) is 0 Å². The summed E-state index contributed by atoms with van der Waals surface area (Å²) in [5.41, 5.74) is 3.56. The van der Waals surface area contributed by atoms with Gasteiger partial charge in [0.2, 0.25) is 0 Å². The minimum absolute atomic E-state index is 0.162. The molecule has 1 aliphatic rings. The first-order valence-corrected chi connectivity index (χ1v) is 8.22. The molecule has 0 radical (unpaired) electrons. The highest BCUT2D eigenvalue weighted by Crippen LogP contribution is 2.31. The summed E-state index contributed by atoms with van der Waals surface area (Å²) < 4.78 is 2.46. The van der Waals surface area contributed by atoms with Crippen molar-refractivity contribution in [3.8, 4) is 11.3 Å². The summed E-state index contributed by atoms with van der Waals surface area (Å²) in [7, 11) is 0. The molecule has 3 aromatic rings. The van der Waals surface area contributed by atoms with Crippen molar-refractivity contribution >= 4 is 45.9 Å². The van der Waals surface area contributed by atoms with Gasteiger partial charge in [0.05, 0.1) is 16.3 Å². The molecule has 4 rings (SSSR count). The number of hydrogen-bond acceptors (Lipinski definition) is 4. The molecule has 2 aromatic heterocycles. The number of aromatic nitrogens is 2. The van der Waals surface area contributed by atoms with Gasteiger partial charge < -0.3 is 5.32 Å². The Balaban J connectivity index is 1.95. The van der Waals surface area contributed by atoms with Crippen LogP contribution in [0.15, 0.2) is 59.6 Å². The largest absolute Gasteiger partial charge is 0.307 e. The maximum atomic E-state index is 12.0. The highest BCUT2D eigenvalue weighted by Gasteiger charge is 2.23. The normalized spacial score (nSPS) is 16.3. The molecule has 3 heterocycles. The summed E-state index contributed by atoms with van der Waals surface area (Å²) in [5.74, 6) is -0.162. The second-order valence-electron chi connectivity index (χ2n) is 4.99. The highest BCUT2D eigenvalue weighted by molar-refractivity contribution is 8.26. The number of pyridine rings is 1. The Labute approximate surface area is 142 Å². The molecule has 6 heteroatoms. The van der Waals surface area contributed by atoms with Crippen LogP contribution in [0, 0.1) is 0 Å².